The largest absolute Gasteiger partial charge is 0.508 e. The Labute approximate surface area is 202 Å². The van der Waals surface area contributed by atoms with E-state index in [0.717, 1.165) is 38.5 Å². The fraction of sp³-hybridized carbons (Fsp3) is 0.516. The highest BCUT2D eigenvalue weighted by Gasteiger charge is 2.67. The molecule has 0 saturated heterocycles. The molecule has 0 bridgehead atoms. The number of fused-ring (bicyclic) bond motifs is 5. The first-order valence-corrected chi connectivity index (χ1v) is 13.1. The summed E-state index contributed by atoms with van der Waals surface area (Å²) in [5.74, 6) is 2.61. The summed E-state index contributed by atoms with van der Waals surface area (Å²) in [6.07, 6.45) is 10.5. The molecule has 0 aliphatic heterocycles. The minimum Gasteiger partial charge on any atom is -0.508 e. The first-order valence-electron chi connectivity index (χ1n) is 13.1. The quantitative estimate of drug-likeness (QED) is 0.477. The summed E-state index contributed by atoms with van der Waals surface area (Å²) in [6, 6.07) is 16.0. The van der Waals surface area contributed by atoms with Gasteiger partial charge in [-0.1, -0.05) is 49.8 Å². The van der Waals surface area contributed by atoms with Gasteiger partial charge in [-0.25, -0.2) is 0 Å². The Bertz CT molecular complexity index is 1150. The molecule has 3 heteroatoms. The number of ketones is 1. The van der Waals surface area contributed by atoms with Crippen molar-refractivity contribution in [2.24, 2.45) is 22.7 Å². The van der Waals surface area contributed by atoms with Crippen molar-refractivity contribution in [2.45, 2.75) is 76.5 Å². The molecule has 34 heavy (non-hydrogen) atoms. The molecule has 0 heterocycles. The van der Waals surface area contributed by atoms with Crippen molar-refractivity contribution in [3.05, 3.63) is 71.3 Å². The highest BCUT2D eigenvalue weighted by Crippen LogP contribution is 2.73. The molecule has 3 saturated carbocycles. The second kappa shape index (κ2) is 7.47. The van der Waals surface area contributed by atoms with E-state index in [-0.39, 0.29) is 16.2 Å². The lowest BCUT2D eigenvalue weighted by molar-refractivity contribution is -0.122. The van der Waals surface area contributed by atoms with Crippen molar-refractivity contribution < 1.29 is 15.0 Å². The maximum absolute atomic E-state index is 12.3. The van der Waals surface area contributed by atoms with Crippen LogP contribution in [0, 0.1) is 22.7 Å². The number of hydrogen-bond donors (Lipinski definition) is 2. The molecule has 2 aromatic carbocycles. The zero-order valence-electron chi connectivity index (χ0n) is 20.4. The third kappa shape index (κ3) is 2.85. The number of allylic oxidation sites excluding steroid dienone is 2. The van der Waals surface area contributed by atoms with Gasteiger partial charge in [0.05, 0.1) is 0 Å². The number of aromatic hydroxyl groups is 2. The van der Waals surface area contributed by atoms with Crippen LogP contribution in [0.15, 0.2) is 60.2 Å². The summed E-state index contributed by atoms with van der Waals surface area (Å²) in [5.41, 5.74) is 4.35. The molecule has 4 aliphatic carbocycles. The number of hydrogen-bond acceptors (Lipinski definition) is 3. The lowest BCUT2D eigenvalue weighted by atomic mass is 9.40. The van der Waals surface area contributed by atoms with Gasteiger partial charge < -0.3 is 10.2 Å². The summed E-state index contributed by atoms with van der Waals surface area (Å²) in [4.78, 5) is 12.3. The number of Topliss-reactive ketones (excluding diaryl/α,β-unsaturated/α-hetero) is 1. The van der Waals surface area contributed by atoms with Crippen molar-refractivity contribution >= 4 is 5.78 Å². The smallest absolute Gasteiger partial charge is 0.136 e. The van der Waals surface area contributed by atoms with E-state index in [1.807, 2.05) is 24.3 Å². The second-order valence-corrected chi connectivity index (χ2v) is 12.0. The summed E-state index contributed by atoms with van der Waals surface area (Å²) in [5, 5.41) is 20.0. The van der Waals surface area contributed by atoms with Crippen molar-refractivity contribution in [3.8, 4) is 11.5 Å². The van der Waals surface area contributed by atoms with Crippen LogP contribution in [-0.2, 0) is 10.2 Å². The molecule has 3 nitrogen and oxygen atoms in total. The van der Waals surface area contributed by atoms with Gasteiger partial charge in [0.2, 0.25) is 0 Å². The minimum absolute atomic E-state index is 0.0265. The zero-order chi connectivity index (χ0) is 23.7. The highest BCUT2D eigenvalue weighted by molar-refractivity contribution is 5.82. The first-order chi connectivity index (χ1) is 16.3. The lowest BCUT2D eigenvalue weighted by Gasteiger charge is -2.63. The van der Waals surface area contributed by atoms with Gasteiger partial charge in [-0.15, -0.1) is 0 Å². The fourth-order valence-corrected chi connectivity index (χ4v) is 9.17. The summed E-state index contributed by atoms with van der Waals surface area (Å²) >= 11 is 0. The fourth-order valence-electron chi connectivity index (χ4n) is 9.17. The Hall–Kier alpha value is -2.55. The zero-order valence-corrected chi connectivity index (χ0v) is 20.4. The van der Waals surface area contributed by atoms with E-state index in [1.54, 1.807) is 0 Å². The standard InChI is InChI=1S/C31H36O3/c1-29-16-13-25(34)19-22(29)7-12-28-27(29)14-17-30(2)26(20-3-8-23(32)9-4-20)15-18-31(28,30)21-5-10-24(33)11-6-21/h3-11,26-28,32-33H,12-19H2,1-2H3/t26?,27-,28-,29+,30-,31-/m1/s1. The average Bonchev–Trinajstić information content (AvgIpc) is 3.14. The van der Waals surface area contributed by atoms with Gasteiger partial charge in [-0.2, -0.15) is 0 Å². The van der Waals surface area contributed by atoms with Gasteiger partial charge in [0.15, 0.2) is 0 Å². The molecule has 6 atom stereocenters. The molecule has 0 spiro atoms. The third-order valence-corrected chi connectivity index (χ3v) is 10.9. The van der Waals surface area contributed by atoms with Crippen LogP contribution in [0.1, 0.15) is 82.3 Å². The van der Waals surface area contributed by atoms with E-state index in [1.165, 1.54) is 23.1 Å². The van der Waals surface area contributed by atoms with E-state index in [9.17, 15) is 15.0 Å². The Morgan fingerprint density at radius 3 is 2.21 bits per heavy atom. The maximum Gasteiger partial charge on any atom is 0.136 e. The summed E-state index contributed by atoms with van der Waals surface area (Å²) in [7, 11) is 0. The molecule has 0 radical (unpaired) electrons. The number of carbonyl (C=O) groups is 1. The number of rotatable bonds is 2. The van der Waals surface area contributed by atoms with E-state index in [4.69, 9.17) is 0 Å². The molecular weight excluding hydrogens is 420 g/mol. The van der Waals surface area contributed by atoms with Gasteiger partial charge in [0.1, 0.15) is 17.3 Å². The van der Waals surface area contributed by atoms with Crippen molar-refractivity contribution in [1.82, 2.24) is 0 Å². The Morgan fingerprint density at radius 2 is 1.50 bits per heavy atom. The Morgan fingerprint density at radius 1 is 0.824 bits per heavy atom. The lowest BCUT2D eigenvalue weighted by Crippen LogP contribution is -2.58. The molecule has 2 N–H and O–H groups in total. The molecule has 4 aliphatic rings. The second-order valence-electron chi connectivity index (χ2n) is 12.0. The molecule has 6 rings (SSSR count). The van der Waals surface area contributed by atoms with Crippen LogP contribution < -0.4 is 0 Å². The first kappa shape index (κ1) is 21.9. The predicted octanol–water partition coefficient (Wildman–Crippen LogP) is 7.04. The van der Waals surface area contributed by atoms with E-state index < -0.39 is 0 Å². The molecule has 0 amide bonds. The minimum atomic E-state index is 0.0265. The van der Waals surface area contributed by atoms with E-state index in [0.29, 0.717) is 41.5 Å². The van der Waals surface area contributed by atoms with Crippen molar-refractivity contribution in [1.29, 1.82) is 0 Å². The van der Waals surface area contributed by atoms with Gasteiger partial charge in [0.25, 0.3) is 0 Å². The molecule has 0 aromatic heterocycles. The van der Waals surface area contributed by atoms with Crippen LogP contribution in [0.25, 0.3) is 0 Å². The van der Waals surface area contributed by atoms with Gasteiger partial charge in [-0.3, -0.25) is 4.79 Å². The average molecular weight is 457 g/mol. The van der Waals surface area contributed by atoms with Gasteiger partial charge >= 0.3 is 0 Å². The molecule has 2 aromatic rings. The molecule has 178 valence electrons. The van der Waals surface area contributed by atoms with Crippen LogP contribution in [0.4, 0.5) is 0 Å². The van der Waals surface area contributed by atoms with Crippen LogP contribution in [-0.4, -0.2) is 16.0 Å². The molecular formula is C31H36O3. The number of phenolic OH excluding ortho intramolecular Hbond substituents is 2. The van der Waals surface area contributed by atoms with Crippen LogP contribution in [0.5, 0.6) is 11.5 Å². The highest BCUT2D eigenvalue weighted by atomic mass is 16.3. The topological polar surface area (TPSA) is 57.5 Å². The predicted molar refractivity (Wildman–Crippen MR) is 134 cm³/mol. The number of phenols is 2. The third-order valence-electron chi connectivity index (χ3n) is 10.9. The molecule has 3 fully saturated rings. The SMILES string of the molecule is C[C@]12CCC(=O)CC1=CC[C@@H]1[C@H]2CC[C@]2(C)C(c3ccc(O)cc3)CC[C@@]12c1ccc(O)cc1. The number of benzene rings is 2. The summed E-state index contributed by atoms with van der Waals surface area (Å²) in [6.45, 7) is 4.97. The Kier molecular flexibility index (Phi) is 4.82. The normalized spacial score (nSPS) is 39.1. The van der Waals surface area contributed by atoms with E-state index >= 15 is 0 Å². The monoisotopic (exact) mass is 456 g/mol. The molecule has 1 unspecified atom stereocenters. The van der Waals surface area contributed by atoms with Gasteiger partial charge in [0, 0.05) is 18.3 Å². The van der Waals surface area contributed by atoms with E-state index in [2.05, 4.69) is 44.2 Å². The van der Waals surface area contributed by atoms with Crippen LogP contribution in [0.2, 0.25) is 0 Å². The maximum atomic E-state index is 12.3. The van der Waals surface area contributed by atoms with Crippen LogP contribution >= 0.6 is 0 Å². The van der Waals surface area contributed by atoms with Crippen molar-refractivity contribution in [3.63, 3.8) is 0 Å². The number of carbonyl (C=O) groups excluding carboxylic acids is 1. The van der Waals surface area contributed by atoms with Gasteiger partial charge in [-0.05, 0) is 103 Å². The summed E-state index contributed by atoms with van der Waals surface area (Å²) < 4.78 is 0. The van der Waals surface area contributed by atoms with Crippen molar-refractivity contribution in [2.75, 3.05) is 0 Å². The van der Waals surface area contributed by atoms with Crippen LogP contribution in [0.3, 0.4) is 0 Å². The Balaban J connectivity index is 1.51.